The third kappa shape index (κ3) is 3.52. The molecule has 0 unspecified atom stereocenters. The highest BCUT2D eigenvalue weighted by molar-refractivity contribution is 7.92. The molecule has 0 bridgehead atoms. The largest absolute Gasteiger partial charge is 0.416 e. The Morgan fingerprint density at radius 3 is 2.52 bits per heavy atom. The van der Waals surface area contributed by atoms with Gasteiger partial charge in [-0.2, -0.15) is 36.3 Å². The molecule has 0 fully saturated rings. The molecule has 0 amide bonds. The van der Waals surface area contributed by atoms with E-state index in [4.69, 9.17) is 0 Å². The minimum Gasteiger partial charge on any atom is -0.392 e. The number of hydrogen-bond donors (Lipinski definition) is 2. The number of nitrogens with zero attached hydrogens (tertiary/aromatic N) is 2. The van der Waals surface area contributed by atoms with Crippen molar-refractivity contribution in [1.29, 1.82) is 0 Å². The fourth-order valence-electron chi connectivity index (χ4n) is 3.07. The van der Waals surface area contributed by atoms with Crippen molar-refractivity contribution >= 4 is 31.7 Å². The topological polar surface area (TPSA) is 84.2 Å². The van der Waals surface area contributed by atoms with Crippen LogP contribution in [0.4, 0.5) is 13.2 Å². The molecule has 0 aliphatic rings. The van der Waals surface area contributed by atoms with Crippen molar-refractivity contribution < 1.29 is 26.7 Å². The van der Waals surface area contributed by atoms with E-state index in [0.29, 0.717) is 27.9 Å². The zero-order valence-corrected chi connectivity index (χ0v) is 15.5. The molecule has 0 saturated heterocycles. The Labute approximate surface area is 163 Å². The van der Waals surface area contributed by atoms with Crippen molar-refractivity contribution in [2.75, 3.05) is 4.83 Å². The Kier molecular flexibility index (Phi) is 4.47. The Balaban J connectivity index is 1.81. The van der Waals surface area contributed by atoms with Crippen molar-refractivity contribution in [3.05, 3.63) is 71.9 Å². The fraction of sp³-hybridized carbons (Fsp3) is 0.105. The second-order valence-corrected chi connectivity index (χ2v) is 8.05. The maximum absolute atomic E-state index is 12.9. The Morgan fingerprint density at radius 1 is 1.03 bits per heavy atom. The number of rotatable bonds is 4. The number of benzene rings is 3. The summed E-state index contributed by atoms with van der Waals surface area (Å²) in [6.45, 7) is -0.143. The summed E-state index contributed by atoms with van der Waals surface area (Å²) in [5, 5.41) is 15.4. The van der Waals surface area contributed by atoms with Gasteiger partial charge >= 0.3 is 6.18 Å². The zero-order valence-electron chi connectivity index (χ0n) is 14.7. The Bertz CT molecular complexity index is 1330. The average Bonchev–Trinajstić information content (AvgIpc) is 3.09. The molecule has 4 aromatic rings. The number of halogens is 3. The lowest BCUT2D eigenvalue weighted by atomic mass is 10.1. The van der Waals surface area contributed by atoms with Crippen LogP contribution in [0.2, 0.25) is 0 Å². The molecule has 0 aliphatic heterocycles. The summed E-state index contributed by atoms with van der Waals surface area (Å²) in [6, 6.07) is 12.2. The summed E-state index contributed by atoms with van der Waals surface area (Å²) < 4.78 is 64.2. The normalized spacial score (nSPS) is 12.6. The molecular weight excluding hydrogens is 407 g/mol. The lowest BCUT2D eigenvalue weighted by molar-refractivity contribution is -0.137. The molecule has 0 aliphatic carbocycles. The van der Waals surface area contributed by atoms with Crippen LogP contribution in [0.25, 0.3) is 21.7 Å². The van der Waals surface area contributed by atoms with Gasteiger partial charge in [-0.05, 0) is 35.2 Å². The molecular formula is C19H14F3N3O3S. The van der Waals surface area contributed by atoms with Crippen LogP contribution in [-0.4, -0.2) is 23.4 Å². The van der Waals surface area contributed by atoms with E-state index < -0.39 is 26.7 Å². The van der Waals surface area contributed by atoms with Crippen LogP contribution in [-0.2, 0) is 22.8 Å². The summed E-state index contributed by atoms with van der Waals surface area (Å²) in [5.74, 6) is 0. The summed E-state index contributed by atoms with van der Waals surface area (Å²) in [6.07, 6.45) is -3.21. The van der Waals surface area contributed by atoms with E-state index in [-0.39, 0.29) is 6.61 Å². The van der Waals surface area contributed by atoms with Crippen LogP contribution < -0.4 is 4.83 Å². The quantitative estimate of drug-likeness (QED) is 0.527. The van der Waals surface area contributed by atoms with Crippen molar-refractivity contribution in [2.24, 2.45) is 0 Å². The molecule has 0 saturated carbocycles. The van der Waals surface area contributed by atoms with Gasteiger partial charge in [0.2, 0.25) is 0 Å². The number of hydrogen-bond acceptors (Lipinski definition) is 4. The van der Waals surface area contributed by atoms with Gasteiger partial charge < -0.3 is 5.11 Å². The summed E-state index contributed by atoms with van der Waals surface area (Å²) >= 11 is 0. The Hall–Kier alpha value is -3.11. The fourth-order valence-corrected chi connectivity index (χ4v) is 4.08. The second-order valence-electron chi connectivity index (χ2n) is 6.39. The average molecular weight is 421 g/mol. The molecule has 1 aromatic heterocycles. The summed E-state index contributed by atoms with van der Waals surface area (Å²) in [7, 11) is -4.33. The first kappa shape index (κ1) is 19.2. The van der Waals surface area contributed by atoms with Gasteiger partial charge in [-0.1, -0.05) is 30.3 Å². The van der Waals surface area contributed by atoms with Gasteiger partial charge in [-0.3, -0.25) is 0 Å². The SMILES string of the molecule is O=S(=O)(Nn1ncc2ccc3cc(CO)ccc3c21)c1cccc(C(F)(F)F)c1. The minimum absolute atomic E-state index is 0.143. The first-order valence-corrected chi connectivity index (χ1v) is 9.88. The first-order valence-electron chi connectivity index (χ1n) is 8.39. The van der Waals surface area contributed by atoms with E-state index >= 15 is 0 Å². The van der Waals surface area contributed by atoms with Gasteiger partial charge in [0, 0.05) is 10.8 Å². The highest BCUT2D eigenvalue weighted by Gasteiger charge is 2.31. The Morgan fingerprint density at radius 2 is 1.79 bits per heavy atom. The number of alkyl halides is 3. The molecule has 4 rings (SSSR count). The van der Waals surface area contributed by atoms with Gasteiger partial charge in [-0.15, -0.1) is 0 Å². The number of aliphatic hydroxyl groups excluding tert-OH is 1. The number of fused-ring (bicyclic) bond motifs is 3. The minimum atomic E-state index is -4.66. The molecule has 0 atom stereocenters. The highest BCUT2D eigenvalue weighted by Crippen LogP contribution is 2.31. The summed E-state index contributed by atoms with van der Waals surface area (Å²) in [5.41, 5.74) is 0.0719. The van der Waals surface area contributed by atoms with Gasteiger partial charge in [-0.25, -0.2) is 0 Å². The third-order valence-corrected chi connectivity index (χ3v) is 5.76. The molecule has 10 heteroatoms. The van der Waals surface area contributed by atoms with Gasteiger partial charge in [0.25, 0.3) is 10.0 Å². The van der Waals surface area contributed by atoms with Crippen LogP contribution in [0, 0.1) is 0 Å². The number of nitrogens with one attached hydrogen (secondary N) is 1. The molecule has 150 valence electrons. The maximum atomic E-state index is 12.9. The summed E-state index contributed by atoms with van der Waals surface area (Å²) in [4.78, 5) is 2.71. The molecule has 3 aromatic carbocycles. The predicted octanol–water partition coefficient (Wildman–Crippen LogP) is 3.63. The van der Waals surface area contributed by atoms with Crippen molar-refractivity contribution in [1.82, 2.24) is 9.89 Å². The van der Waals surface area contributed by atoms with Crippen LogP contribution >= 0.6 is 0 Å². The lowest BCUT2D eigenvalue weighted by Crippen LogP contribution is -2.24. The third-order valence-electron chi connectivity index (χ3n) is 4.47. The van der Waals surface area contributed by atoms with Crippen LogP contribution in [0.15, 0.2) is 65.7 Å². The monoisotopic (exact) mass is 421 g/mol. The van der Waals surface area contributed by atoms with Crippen LogP contribution in [0.1, 0.15) is 11.1 Å². The molecule has 1 heterocycles. The van der Waals surface area contributed by atoms with Gasteiger partial charge in [0.15, 0.2) is 0 Å². The number of aliphatic hydroxyl groups is 1. The maximum Gasteiger partial charge on any atom is 0.416 e. The molecule has 6 nitrogen and oxygen atoms in total. The molecule has 2 N–H and O–H groups in total. The van der Waals surface area contributed by atoms with E-state index in [1.54, 1.807) is 24.3 Å². The lowest BCUT2D eigenvalue weighted by Gasteiger charge is -2.12. The van der Waals surface area contributed by atoms with Crippen molar-refractivity contribution in [3.63, 3.8) is 0 Å². The van der Waals surface area contributed by atoms with Crippen LogP contribution in [0.5, 0.6) is 0 Å². The van der Waals surface area contributed by atoms with E-state index in [9.17, 15) is 26.7 Å². The number of sulfonamides is 1. The van der Waals surface area contributed by atoms with Gasteiger partial charge in [0.1, 0.15) is 5.52 Å². The zero-order chi connectivity index (χ0) is 20.8. The van der Waals surface area contributed by atoms with Gasteiger partial charge in [0.05, 0.1) is 23.3 Å². The van der Waals surface area contributed by atoms with E-state index in [1.807, 2.05) is 6.07 Å². The first-order chi connectivity index (χ1) is 13.7. The number of aromatic nitrogens is 2. The predicted molar refractivity (Wildman–Crippen MR) is 101 cm³/mol. The van der Waals surface area contributed by atoms with E-state index in [1.165, 1.54) is 6.20 Å². The highest BCUT2D eigenvalue weighted by atomic mass is 32.2. The standard InChI is InChI=1S/C19H14F3N3O3S/c20-19(21,22)15-2-1-3-16(9-15)29(27,28)24-25-18-14(10-23-25)6-5-13-8-12(11-26)4-7-17(13)18/h1-10,24,26H,11H2. The molecule has 0 spiro atoms. The molecule has 0 radical (unpaired) electrons. The van der Waals surface area contributed by atoms with E-state index in [0.717, 1.165) is 28.4 Å². The van der Waals surface area contributed by atoms with Crippen LogP contribution in [0.3, 0.4) is 0 Å². The van der Waals surface area contributed by atoms with E-state index in [2.05, 4.69) is 9.93 Å². The second kappa shape index (κ2) is 6.75. The molecule has 29 heavy (non-hydrogen) atoms. The van der Waals surface area contributed by atoms with Crippen molar-refractivity contribution in [2.45, 2.75) is 17.7 Å². The smallest absolute Gasteiger partial charge is 0.392 e. The van der Waals surface area contributed by atoms with Crippen molar-refractivity contribution in [3.8, 4) is 0 Å².